The molecular formula is C20H20N4O3. The number of hydrogen-bond donors (Lipinski definition) is 3. The first-order chi connectivity index (χ1) is 13.0. The van der Waals surface area contributed by atoms with E-state index in [4.69, 9.17) is 9.84 Å². The summed E-state index contributed by atoms with van der Waals surface area (Å²) < 4.78 is 5.35. The van der Waals surface area contributed by atoms with Gasteiger partial charge in [-0.2, -0.15) is 4.98 Å². The van der Waals surface area contributed by atoms with Gasteiger partial charge in [0, 0.05) is 29.6 Å². The van der Waals surface area contributed by atoms with Crippen molar-refractivity contribution >= 4 is 23.4 Å². The topological polar surface area (TPSA) is 96.4 Å². The number of benzene rings is 2. The summed E-state index contributed by atoms with van der Waals surface area (Å²) in [6.45, 7) is 2.41. The fourth-order valence-electron chi connectivity index (χ4n) is 2.58. The number of aromatic carboxylic acids is 1. The molecule has 0 spiro atoms. The third-order valence-corrected chi connectivity index (χ3v) is 3.89. The first-order valence-electron chi connectivity index (χ1n) is 8.37. The zero-order valence-electron chi connectivity index (χ0n) is 15.1. The summed E-state index contributed by atoms with van der Waals surface area (Å²) >= 11 is 0. The van der Waals surface area contributed by atoms with Gasteiger partial charge in [0.1, 0.15) is 11.6 Å². The lowest BCUT2D eigenvalue weighted by atomic mass is 10.2. The highest BCUT2D eigenvalue weighted by atomic mass is 16.5. The zero-order valence-corrected chi connectivity index (χ0v) is 15.1. The van der Waals surface area contributed by atoms with Crippen LogP contribution in [0.2, 0.25) is 0 Å². The van der Waals surface area contributed by atoms with Gasteiger partial charge in [0.2, 0.25) is 5.95 Å². The third kappa shape index (κ3) is 4.72. The minimum absolute atomic E-state index is 0.235. The second-order valence-corrected chi connectivity index (χ2v) is 5.89. The highest BCUT2D eigenvalue weighted by Gasteiger charge is 2.06. The van der Waals surface area contributed by atoms with Crippen LogP contribution < -0.4 is 15.4 Å². The van der Waals surface area contributed by atoms with Crippen LogP contribution in [0.25, 0.3) is 0 Å². The SMILES string of the molecule is COc1ccccc1CNc1nc(C)cc(Nc2ccc(C(=O)O)cc2)n1. The minimum Gasteiger partial charge on any atom is -0.496 e. The van der Waals surface area contributed by atoms with E-state index < -0.39 is 5.97 Å². The standard InChI is InChI=1S/C20H20N4O3/c1-13-11-18(23-16-9-7-14(8-10-16)19(25)26)24-20(22-13)21-12-15-5-3-4-6-17(15)27-2/h3-11H,12H2,1-2H3,(H,25,26)(H2,21,22,23,24). The fourth-order valence-corrected chi connectivity index (χ4v) is 2.58. The molecular weight excluding hydrogens is 344 g/mol. The molecule has 7 heteroatoms. The molecule has 0 aliphatic heterocycles. The van der Waals surface area contributed by atoms with E-state index in [1.165, 1.54) is 0 Å². The number of nitrogens with zero attached hydrogens (tertiary/aromatic N) is 2. The number of carbonyl (C=O) groups is 1. The molecule has 7 nitrogen and oxygen atoms in total. The van der Waals surface area contributed by atoms with Gasteiger partial charge in [-0.15, -0.1) is 0 Å². The summed E-state index contributed by atoms with van der Waals surface area (Å²) in [7, 11) is 1.64. The second-order valence-electron chi connectivity index (χ2n) is 5.89. The van der Waals surface area contributed by atoms with Crippen LogP contribution in [0.3, 0.4) is 0 Å². The van der Waals surface area contributed by atoms with Crippen molar-refractivity contribution in [1.82, 2.24) is 9.97 Å². The molecule has 3 N–H and O–H groups in total. The first kappa shape index (κ1) is 18.2. The number of para-hydroxylation sites is 1. The Bertz CT molecular complexity index is 942. The van der Waals surface area contributed by atoms with Gasteiger partial charge in [0.05, 0.1) is 12.7 Å². The van der Waals surface area contributed by atoms with Crippen LogP contribution >= 0.6 is 0 Å². The Kier molecular flexibility index (Phi) is 5.51. The molecule has 0 saturated carbocycles. The molecule has 0 atom stereocenters. The van der Waals surface area contributed by atoms with Gasteiger partial charge < -0.3 is 20.5 Å². The maximum absolute atomic E-state index is 10.9. The number of aromatic nitrogens is 2. The summed E-state index contributed by atoms with van der Waals surface area (Å²) in [4.78, 5) is 19.8. The van der Waals surface area contributed by atoms with E-state index in [0.717, 1.165) is 22.7 Å². The van der Waals surface area contributed by atoms with Crippen molar-refractivity contribution in [2.75, 3.05) is 17.7 Å². The molecule has 1 heterocycles. The Labute approximate surface area is 157 Å². The summed E-state index contributed by atoms with van der Waals surface area (Å²) in [5.41, 5.74) is 2.79. The Morgan fingerprint density at radius 1 is 1.11 bits per heavy atom. The van der Waals surface area contributed by atoms with Crippen molar-refractivity contribution in [3.8, 4) is 5.75 Å². The molecule has 0 fully saturated rings. The van der Waals surface area contributed by atoms with Crippen LogP contribution in [0.5, 0.6) is 5.75 Å². The Hall–Kier alpha value is -3.61. The predicted octanol–water partition coefficient (Wildman–Crippen LogP) is 3.85. The number of nitrogens with one attached hydrogen (secondary N) is 2. The molecule has 0 aliphatic rings. The van der Waals surface area contributed by atoms with E-state index in [1.54, 1.807) is 31.4 Å². The molecule has 138 valence electrons. The fraction of sp³-hybridized carbons (Fsp3) is 0.150. The molecule has 0 unspecified atom stereocenters. The maximum Gasteiger partial charge on any atom is 0.335 e. The molecule has 2 aromatic carbocycles. The number of anilines is 3. The van der Waals surface area contributed by atoms with E-state index in [2.05, 4.69) is 20.6 Å². The normalized spacial score (nSPS) is 10.3. The summed E-state index contributed by atoms with van der Waals surface area (Å²) in [6, 6.07) is 16.0. The second kappa shape index (κ2) is 8.18. The lowest BCUT2D eigenvalue weighted by molar-refractivity contribution is 0.0697. The molecule has 0 saturated heterocycles. The Balaban J connectivity index is 1.73. The van der Waals surface area contributed by atoms with Crippen molar-refractivity contribution in [3.63, 3.8) is 0 Å². The van der Waals surface area contributed by atoms with Crippen molar-refractivity contribution < 1.29 is 14.6 Å². The van der Waals surface area contributed by atoms with Crippen LogP contribution in [0.4, 0.5) is 17.5 Å². The molecule has 3 rings (SSSR count). The van der Waals surface area contributed by atoms with E-state index in [9.17, 15) is 4.79 Å². The van der Waals surface area contributed by atoms with Crippen LogP contribution in [0.15, 0.2) is 54.6 Å². The van der Waals surface area contributed by atoms with Crippen molar-refractivity contribution in [3.05, 3.63) is 71.4 Å². The van der Waals surface area contributed by atoms with Gasteiger partial charge >= 0.3 is 5.97 Å². The molecule has 3 aromatic rings. The number of ether oxygens (including phenoxy) is 1. The summed E-state index contributed by atoms with van der Waals surface area (Å²) in [5, 5.41) is 15.3. The van der Waals surface area contributed by atoms with Crippen molar-refractivity contribution in [2.24, 2.45) is 0 Å². The molecule has 0 bridgehead atoms. The number of rotatable bonds is 7. The van der Waals surface area contributed by atoms with Gasteiger partial charge in [-0.25, -0.2) is 9.78 Å². The Morgan fingerprint density at radius 3 is 2.56 bits per heavy atom. The van der Waals surface area contributed by atoms with E-state index >= 15 is 0 Å². The average Bonchev–Trinajstić information content (AvgIpc) is 2.66. The number of methoxy groups -OCH3 is 1. The largest absolute Gasteiger partial charge is 0.496 e. The average molecular weight is 364 g/mol. The van der Waals surface area contributed by atoms with Gasteiger partial charge in [-0.05, 0) is 37.3 Å². The van der Waals surface area contributed by atoms with Gasteiger partial charge in [-0.3, -0.25) is 0 Å². The van der Waals surface area contributed by atoms with E-state index in [-0.39, 0.29) is 5.56 Å². The highest BCUT2D eigenvalue weighted by Crippen LogP contribution is 2.20. The number of hydrogen-bond acceptors (Lipinski definition) is 6. The molecule has 0 radical (unpaired) electrons. The quantitative estimate of drug-likeness (QED) is 0.586. The lowest BCUT2D eigenvalue weighted by Gasteiger charge is -2.12. The van der Waals surface area contributed by atoms with E-state index in [0.29, 0.717) is 18.3 Å². The lowest BCUT2D eigenvalue weighted by Crippen LogP contribution is -2.07. The highest BCUT2D eigenvalue weighted by molar-refractivity contribution is 5.88. The Morgan fingerprint density at radius 2 is 1.85 bits per heavy atom. The maximum atomic E-state index is 10.9. The van der Waals surface area contributed by atoms with Gasteiger partial charge in [0.15, 0.2) is 0 Å². The first-order valence-corrected chi connectivity index (χ1v) is 8.37. The van der Waals surface area contributed by atoms with Crippen molar-refractivity contribution in [2.45, 2.75) is 13.5 Å². The van der Waals surface area contributed by atoms with Crippen LogP contribution in [-0.4, -0.2) is 28.2 Å². The monoisotopic (exact) mass is 364 g/mol. The third-order valence-electron chi connectivity index (χ3n) is 3.89. The van der Waals surface area contributed by atoms with Gasteiger partial charge in [0.25, 0.3) is 0 Å². The number of carboxylic acids is 1. The molecule has 1 aromatic heterocycles. The smallest absolute Gasteiger partial charge is 0.335 e. The predicted molar refractivity (Wildman–Crippen MR) is 104 cm³/mol. The molecule has 0 amide bonds. The van der Waals surface area contributed by atoms with Crippen LogP contribution in [-0.2, 0) is 6.54 Å². The summed E-state index contributed by atoms with van der Waals surface area (Å²) in [5.74, 6) is 0.954. The van der Waals surface area contributed by atoms with Gasteiger partial charge in [-0.1, -0.05) is 18.2 Å². The number of aryl methyl sites for hydroxylation is 1. The van der Waals surface area contributed by atoms with E-state index in [1.807, 2.05) is 37.3 Å². The van der Waals surface area contributed by atoms with Crippen LogP contribution in [0, 0.1) is 6.92 Å². The molecule has 27 heavy (non-hydrogen) atoms. The minimum atomic E-state index is -0.956. The van der Waals surface area contributed by atoms with Crippen molar-refractivity contribution in [1.29, 1.82) is 0 Å². The summed E-state index contributed by atoms with van der Waals surface area (Å²) in [6.07, 6.45) is 0. The van der Waals surface area contributed by atoms with Crippen LogP contribution in [0.1, 0.15) is 21.6 Å². The number of carboxylic acid groups (broad SMARTS) is 1. The molecule has 0 aliphatic carbocycles. The zero-order chi connectivity index (χ0) is 19.2.